The molecule has 3 aromatic rings. The standard InChI is InChI=1S/C22H20O2S/c23-22(24)20(12-16-6-2-1-3-7-16)15-21(25)14-17-10-11-18-8-4-5-9-19(18)13-17/h1-11,13,20H,12,14-15H2,(H,23,24). The number of hydrogen-bond acceptors (Lipinski definition) is 2. The van der Waals surface area contributed by atoms with E-state index >= 15 is 0 Å². The molecule has 0 bridgehead atoms. The van der Waals surface area contributed by atoms with Crippen LogP contribution in [0.4, 0.5) is 0 Å². The zero-order valence-electron chi connectivity index (χ0n) is 13.9. The molecule has 0 amide bonds. The van der Waals surface area contributed by atoms with Crippen molar-refractivity contribution in [2.45, 2.75) is 19.3 Å². The Kier molecular flexibility index (Phi) is 5.56. The van der Waals surface area contributed by atoms with Crippen LogP contribution in [0.3, 0.4) is 0 Å². The minimum absolute atomic E-state index is 0.423. The predicted molar refractivity (Wildman–Crippen MR) is 106 cm³/mol. The van der Waals surface area contributed by atoms with Crippen molar-refractivity contribution in [2.24, 2.45) is 5.92 Å². The summed E-state index contributed by atoms with van der Waals surface area (Å²) < 4.78 is 0. The van der Waals surface area contributed by atoms with Gasteiger partial charge in [0.2, 0.25) is 0 Å². The third kappa shape index (κ3) is 4.74. The Labute approximate surface area is 153 Å². The maximum Gasteiger partial charge on any atom is 0.307 e. The average Bonchev–Trinajstić information content (AvgIpc) is 2.62. The molecule has 3 heteroatoms. The van der Waals surface area contributed by atoms with Crippen molar-refractivity contribution in [1.82, 2.24) is 0 Å². The first-order chi connectivity index (χ1) is 12.1. The largest absolute Gasteiger partial charge is 0.481 e. The summed E-state index contributed by atoms with van der Waals surface area (Å²) >= 11 is 5.51. The highest BCUT2D eigenvalue weighted by Crippen LogP contribution is 2.19. The minimum Gasteiger partial charge on any atom is -0.481 e. The van der Waals surface area contributed by atoms with Crippen LogP contribution in [0, 0.1) is 5.92 Å². The molecular weight excluding hydrogens is 328 g/mol. The van der Waals surface area contributed by atoms with Crippen molar-refractivity contribution in [3.8, 4) is 0 Å². The molecule has 2 nitrogen and oxygen atoms in total. The highest BCUT2D eigenvalue weighted by Gasteiger charge is 2.20. The Morgan fingerprint density at radius 2 is 1.56 bits per heavy atom. The van der Waals surface area contributed by atoms with Crippen molar-refractivity contribution in [1.29, 1.82) is 0 Å². The summed E-state index contributed by atoms with van der Waals surface area (Å²) in [6.07, 6.45) is 1.57. The predicted octanol–water partition coefficient (Wildman–Crippen LogP) is 5.09. The van der Waals surface area contributed by atoms with Crippen LogP contribution in [0.5, 0.6) is 0 Å². The molecular formula is C22H20O2S. The Morgan fingerprint density at radius 3 is 2.28 bits per heavy atom. The summed E-state index contributed by atoms with van der Waals surface area (Å²) in [6, 6.07) is 24.2. The average molecular weight is 348 g/mol. The molecule has 0 saturated carbocycles. The van der Waals surface area contributed by atoms with Gasteiger partial charge in [0.05, 0.1) is 5.92 Å². The number of thiocarbonyl (C=S) groups is 1. The number of carbonyl (C=O) groups is 1. The first-order valence-electron chi connectivity index (χ1n) is 8.38. The number of carboxylic acids is 1. The van der Waals surface area contributed by atoms with E-state index in [9.17, 15) is 9.90 Å². The fourth-order valence-electron chi connectivity index (χ4n) is 3.07. The third-order valence-electron chi connectivity index (χ3n) is 4.36. The van der Waals surface area contributed by atoms with E-state index in [1.807, 2.05) is 42.5 Å². The molecule has 0 saturated heterocycles. The Bertz CT molecular complexity index is 887. The van der Waals surface area contributed by atoms with Gasteiger partial charge in [0, 0.05) is 6.42 Å². The topological polar surface area (TPSA) is 37.3 Å². The summed E-state index contributed by atoms with van der Waals surface area (Å²) in [4.78, 5) is 12.4. The number of benzene rings is 3. The second-order valence-electron chi connectivity index (χ2n) is 6.33. The second-order valence-corrected chi connectivity index (χ2v) is 6.90. The molecule has 0 radical (unpaired) electrons. The molecule has 1 unspecified atom stereocenters. The van der Waals surface area contributed by atoms with Gasteiger partial charge in [-0.25, -0.2) is 0 Å². The summed E-state index contributed by atoms with van der Waals surface area (Å²) in [7, 11) is 0. The molecule has 0 spiro atoms. The number of hydrogen-bond donors (Lipinski definition) is 1. The number of aliphatic carboxylic acids is 1. The normalized spacial score (nSPS) is 12.0. The molecule has 1 atom stereocenters. The molecule has 1 N–H and O–H groups in total. The number of rotatable bonds is 7. The summed E-state index contributed by atoms with van der Waals surface area (Å²) in [5.74, 6) is -1.26. The van der Waals surface area contributed by atoms with Crippen LogP contribution < -0.4 is 0 Å². The maximum absolute atomic E-state index is 11.6. The quantitative estimate of drug-likeness (QED) is 0.605. The fraction of sp³-hybridized carbons (Fsp3) is 0.182. The van der Waals surface area contributed by atoms with E-state index in [0.29, 0.717) is 19.3 Å². The minimum atomic E-state index is -0.787. The van der Waals surface area contributed by atoms with Crippen molar-refractivity contribution in [2.75, 3.05) is 0 Å². The number of fused-ring (bicyclic) bond motifs is 1. The van der Waals surface area contributed by atoms with Crippen LogP contribution in [0.15, 0.2) is 72.8 Å². The van der Waals surface area contributed by atoms with Gasteiger partial charge in [-0.3, -0.25) is 4.79 Å². The molecule has 3 rings (SSSR count). The van der Waals surface area contributed by atoms with E-state index < -0.39 is 11.9 Å². The van der Waals surface area contributed by atoms with E-state index in [0.717, 1.165) is 16.0 Å². The molecule has 0 aliphatic heterocycles. The van der Waals surface area contributed by atoms with Crippen molar-refractivity contribution in [3.63, 3.8) is 0 Å². The summed E-state index contributed by atoms with van der Waals surface area (Å²) in [5.41, 5.74) is 2.16. The van der Waals surface area contributed by atoms with Gasteiger partial charge < -0.3 is 5.11 Å². The van der Waals surface area contributed by atoms with Crippen LogP contribution in [0.2, 0.25) is 0 Å². The first kappa shape index (κ1) is 17.3. The van der Waals surface area contributed by atoms with Gasteiger partial charge in [-0.1, -0.05) is 85.0 Å². The Balaban J connectivity index is 1.67. The lowest BCUT2D eigenvalue weighted by atomic mass is 9.92. The van der Waals surface area contributed by atoms with E-state index in [1.54, 1.807) is 0 Å². The second kappa shape index (κ2) is 8.04. The third-order valence-corrected chi connectivity index (χ3v) is 4.67. The van der Waals surface area contributed by atoms with Gasteiger partial charge >= 0.3 is 5.97 Å². The van der Waals surface area contributed by atoms with Gasteiger partial charge in [-0.05, 0) is 39.6 Å². The maximum atomic E-state index is 11.6. The van der Waals surface area contributed by atoms with Crippen LogP contribution in [0.1, 0.15) is 17.5 Å². The van der Waals surface area contributed by atoms with Gasteiger partial charge in [0.1, 0.15) is 0 Å². The molecule has 0 aliphatic rings. The smallest absolute Gasteiger partial charge is 0.307 e. The SMILES string of the molecule is O=C(O)C(CC(=S)Cc1ccc2ccccc2c1)Cc1ccccc1. The van der Waals surface area contributed by atoms with Crippen molar-refractivity contribution >= 4 is 33.8 Å². The highest BCUT2D eigenvalue weighted by molar-refractivity contribution is 7.80. The molecule has 0 aliphatic carbocycles. The van der Waals surface area contributed by atoms with Gasteiger partial charge in [-0.15, -0.1) is 0 Å². The first-order valence-corrected chi connectivity index (χ1v) is 8.79. The molecule has 25 heavy (non-hydrogen) atoms. The van der Waals surface area contributed by atoms with Crippen LogP contribution in [0.25, 0.3) is 10.8 Å². The van der Waals surface area contributed by atoms with E-state index in [1.165, 1.54) is 10.8 Å². The van der Waals surface area contributed by atoms with E-state index in [4.69, 9.17) is 12.2 Å². The van der Waals surface area contributed by atoms with E-state index in [2.05, 4.69) is 30.3 Å². The Hall–Kier alpha value is -2.52. The zero-order valence-corrected chi connectivity index (χ0v) is 14.7. The lowest BCUT2D eigenvalue weighted by Crippen LogP contribution is -2.20. The van der Waals surface area contributed by atoms with Gasteiger partial charge in [0.25, 0.3) is 0 Å². The summed E-state index contributed by atoms with van der Waals surface area (Å²) in [6.45, 7) is 0. The monoisotopic (exact) mass is 348 g/mol. The zero-order chi connectivity index (χ0) is 17.6. The molecule has 0 aromatic heterocycles. The summed E-state index contributed by atoms with van der Waals surface area (Å²) in [5, 5.41) is 11.9. The van der Waals surface area contributed by atoms with Crippen molar-refractivity contribution in [3.05, 3.63) is 83.9 Å². The van der Waals surface area contributed by atoms with Crippen LogP contribution in [-0.2, 0) is 17.6 Å². The highest BCUT2D eigenvalue weighted by atomic mass is 32.1. The number of carboxylic acid groups (broad SMARTS) is 1. The lowest BCUT2D eigenvalue weighted by Gasteiger charge is -2.13. The molecule has 126 valence electrons. The fourth-order valence-corrected chi connectivity index (χ4v) is 3.44. The molecule has 3 aromatic carbocycles. The van der Waals surface area contributed by atoms with Crippen molar-refractivity contribution < 1.29 is 9.90 Å². The molecule has 0 heterocycles. The van der Waals surface area contributed by atoms with Gasteiger partial charge in [-0.2, -0.15) is 0 Å². The van der Waals surface area contributed by atoms with Crippen LogP contribution >= 0.6 is 12.2 Å². The van der Waals surface area contributed by atoms with Gasteiger partial charge in [0.15, 0.2) is 0 Å². The van der Waals surface area contributed by atoms with E-state index in [-0.39, 0.29) is 0 Å². The molecule has 0 fully saturated rings. The lowest BCUT2D eigenvalue weighted by molar-refractivity contribution is -0.141. The van der Waals surface area contributed by atoms with Crippen LogP contribution in [-0.4, -0.2) is 15.9 Å². The Morgan fingerprint density at radius 1 is 0.880 bits per heavy atom.